The van der Waals surface area contributed by atoms with Crippen LogP contribution in [0.5, 0.6) is 5.75 Å². The molecule has 0 aliphatic heterocycles. The Balaban J connectivity index is 1.46. The van der Waals surface area contributed by atoms with Gasteiger partial charge >= 0.3 is 0 Å². The highest BCUT2D eigenvalue weighted by atomic mass is 19.1. The molecule has 0 saturated carbocycles. The molecule has 6 heteroatoms. The number of rotatable bonds is 7. The summed E-state index contributed by atoms with van der Waals surface area (Å²) in [6.07, 6.45) is 0. The average molecular weight is 458 g/mol. The molecule has 0 aliphatic carbocycles. The van der Waals surface area contributed by atoms with Crippen molar-refractivity contribution >= 4 is 11.6 Å². The van der Waals surface area contributed by atoms with Crippen molar-refractivity contribution in [2.75, 3.05) is 5.32 Å². The van der Waals surface area contributed by atoms with Crippen LogP contribution in [0, 0.1) is 33.5 Å². The lowest BCUT2D eigenvalue weighted by Crippen LogP contribution is -2.14. The lowest BCUT2D eigenvalue weighted by atomic mass is 10.1. The summed E-state index contributed by atoms with van der Waals surface area (Å²) in [5, 5.41) is 7.53. The van der Waals surface area contributed by atoms with Crippen LogP contribution in [0.15, 0.2) is 66.7 Å². The summed E-state index contributed by atoms with van der Waals surface area (Å²) < 4.78 is 21.3. The van der Waals surface area contributed by atoms with Crippen molar-refractivity contribution in [2.24, 2.45) is 0 Å². The third kappa shape index (κ3) is 5.34. The third-order valence-electron chi connectivity index (χ3n) is 5.76. The Morgan fingerprint density at radius 2 is 1.74 bits per heavy atom. The number of nitrogens with zero attached hydrogens (tertiary/aromatic N) is 2. The predicted molar refractivity (Wildman–Crippen MR) is 132 cm³/mol. The van der Waals surface area contributed by atoms with E-state index in [-0.39, 0.29) is 11.7 Å². The number of carbonyl (C=O) groups is 1. The number of hydrogen-bond donors (Lipinski definition) is 1. The number of ether oxygens (including phenoxy) is 1. The van der Waals surface area contributed by atoms with Crippen LogP contribution in [0.1, 0.15) is 44.0 Å². The molecule has 1 heterocycles. The summed E-state index contributed by atoms with van der Waals surface area (Å²) in [5.41, 5.74) is 6.70. The standard InChI is InChI=1S/C28H28FN3O2/c1-18-11-12-26(19(2)13-18)34-17-23-8-5-9-24(14-23)28(33)30-27-20(3)31-32(21(27)4)16-22-7-6-10-25(29)15-22/h5-15H,16-17H2,1-4H3,(H,30,33). The van der Waals surface area contributed by atoms with E-state index < -0.39 is 0 Å². The summed E-state index contributed by atoms with van der Waals surface area (Å²) in [4.78, 5) is 13.0. The SMILES string of the molecule is Cc1ccc(OCc2cccc(C(=O)Nc3c(C)nn(Cc4cccc(F)c4)c3C)c2)c(C)c1. The Hall–Kier alpha value is -3.93. The van der Waals surface area contributed by atoms with Crippen LogP contribution in [-0.4, -0.2) is 15.7 Å². The molecule has 0 unspecified atom stereocenters. The van der Waals surface area contributed by atoms with Gasteiger partial charge in [-0.3, -0.25) is 9.48 Å². The Bertz CT molecular complexity index is 1340. The summed E-state index contributed by atoms with van der Waals surface area (Å²) in [5.74, 6) is 0.330. The maximum absolute atomic E-state index is 13.5. The molecule has 5 nitrogen and oxygen atoms in total. The van der Waals surface area contributed by atoms with Gasteiger partial charge in [0.25, 0.3) is 5.91 Å². The molecule has 0 bridgehead atoms. The van der Waals surface area contributed by atoms with Crippen LogP contribution in [0.4, 0.5) is 10.1 Å². The van der Waals surface area contributed by atoms with E-state index in [1.165, 1.54) is 17.7 Å². The minimum Gasteiger partial charge on any atom is -0.489 e. The highest BCUT2D eigenvalue weighted by Gasteiger charge is 2.16. The first-order valence-electron chi connectivity index (χ1n) is 11.2. The molecule has 0 fully saturated rings. The van der Waals surface area contributed by atoms with Gasteiger partial charge in [-0.15, -0.1) is 0 Å². The van der Waals surface area contributed by atoms with E-state index in [1.807, 2.05) is 64.1 Å². The van der Waals surface area contributed by atoms with Gasteiger partial charge in [-0.2, -0.15) is 5.10 Å². The lowest BCUT2D eigenvalue weighted by molar-refractivity contribution is 0.102. The zero-order valence-electron chi connectivity index (χ0n) is 19.9. The van der Waals surface area contributed by atoms with Crippen molar-refractivity contribution < 1.29 is 13.9 Å². The van der Waals surface area contributed by atoms with Crippen LogP contribution in [0.25, 0.3) is 0 Å². The van der Waals surface area contributed by atoms with E-state index >= 15 is 0 Å². The molecular formula is C28H28FN3O2. The first-order valence-corrected chi connectivity index (χ1v) is 11.2. The molecule has 3 aromatic carbocycles. The van der Waals surface area contributed by atoms with Gasteiger partial charge in [0, 0.05) is 5.56 Å². The van der Waals surface area contributed by atoms with Gasteiger partial charge in [0.1, 0.15) is 18.2 Å². The van der Waals surface area contributed by atoms with Crippen LogP contribution in [-0.2, 0) is 13.2 Å². The summed E-state index contributed by atoms with van der Waals surface area (Å²) in [7, 11) is 0. The molecule has 4 aromatic rings. The molecule has 34 heavy (non-hydrogen) atoms. The van der Waals surface area contributed by atoms with Crippen molar-refractivity contribution in [3.63, 3.8) is 0 Å². The lowest BCUT2D eigenvalue weighted by Gasteiger charge is -2.11. The smallest absolute Gasteiger partial charge is 0.255 e. The Morgan fingerprint density at radius 3 is 2.50 bits per heavy atom. The molecule has 0 radical (unpaired) electrons. The average Bonchev–Trinajstić information content (AvgIpc) is 3.06. The zero-order valence-corrected chi connectivity index (χ0v) is 19.9. The minimum atomic E-state index is -0.283. The van der Waals surface area contributed by atoms with Gasteiger partial charge in [0.2, 0.25) is 0 Å². The van der Waals surface area contributed by atoms with Crippen molar-refractivity contribution in [3.8, 4) is 5.75 Å². The molecule has 4 rings (SSSR count). The predicted octanol–water partition coefficient (Wildman–Crippen LogP) is 6.14. The number of aryl methyl sites for hydroxylation is 3. The second-order valence-electron chi connectivity index (χ2n) is 8.55. The van der Waals surface area contributed by atoms with E-state index in [1.54, 1.807) is 16.8 Å². The molecule has 0 spiro atoms. The van der Waals surface area contributed by atoms with Crippen molar-refractivity contribution in [1.29, 1.82) is 0 Å². The molecular weight excluding hydrogens is 429 g/mol. The molecule has 1 aromatic heterocycles. The normalized spacial score (nSPS) is 10.9. The Labute approximate surface area is 199 Å². The molecule has 1 amide bonds. The summed E-state index contributed by atoms with van der Waals surface area (Å²) in [6.45, 7) is 8.60. The Kier molecular flexibility index (Phi) is 6.77. The van der Waals surface area contributed by atoms with Crippen LogP contribution >= 0.6 is 0 Å². The zero-order chi connectivity index (χ0) is 24.2. The first-order chi connectivity index (χ1) is 16.3. The molecule has 1 N–H and O–H groups in total. The number of anilines is 1. The van der Waals surface area contributed by atoms with E-state index in [2.05, 4.69) is 16.5 Å². The molecule has 0 atom stereocenters. The number of nitrogens with one attached hydrogen (secondary N) is 1. The monoisotopic (exact) mass is 457 g/mol. The number of benzene rings is 3. The highest BCUT2D eigenvalue weighted by Crippen LogP contribution is 2.23. The number of halogens is 1. The van der Waals surface area contributed by atoms with Crippen molar-refractivity contribution in [1.82, 2.24) is 9.78 Å². The minimum absolute atomic E-state index is 0.218. The highest BCUT2D eigenvalue weighted by molar-refractivity contribution is 6.05. The fourth-order valence-electron chi connectivity index (χ4n) is 3.95. The fourth-order valence-corrected chi connectivity index (χ4v) is 3.95. The second-order valence-corrected chi connectivity index (χ2v) is 8.55. The number of carbonyl (C=O) groups excluding carboxylic acids is 1. The maximum Gasteiger partial charge on any atom is 0.255 e. The van der Waals surface area contributed by atoms with Gasteiger partial charge in [0.15, 0.2) is 0 Å². The van der Waals surface area contributed by atoms with Crippen LogP contribution in [0.3, 0.4) is 0 Å². The summed E-state index contributed by atoms with van der Waals surface area (Å²) in [6, 6.07) is 19.9. The van der Waals surface area contributed by atoms with Crippen LogP contribution in [0.2, 0.25) is 0 Å². The number of amides is 1. The van der Waals surface area contributed by atoms with Gasteiger partial charge in [-0.1, -0.05) is 42.0 Å². The first kappa shape index (κ1) is 23.2. The van der Waals surface area contributed by atoms with Gasteiger partial charge in [-0.25, -0.2) is 4.39 Å². The van der Waals surface area contributed by atoms with Crippen LogP contribution < -0.4 is 10.1 Å². The Morgan fingerprint density at radius 1 is 0.971 bits per heavy atom. The van der Waals surface area contributed by atoms with E-state index in [0.29, 0.717) is 30.1 Å². The third-order valence-corrected chi connectivity index (χ3v) is 5.76. The van der Waals surface area contributed by atoms with E-state index in [9.17, 15) is 9.18 Å². The quantitative estimate of drug-likeness (QED) is 0.363. The number of aromatic nitrogens is 2. The van der Waals surface area contributed by atoms with Gasteiger partial charge < -0.3 is 10.1 Å². The number of hydrogen-bond acceptors (Lipinski definition) is 3. The molecule has 174 valence electrons. The second kappa shape index (κ2) is 9.91. The maximum atomic E-state index is 13.5. The van der Waals surface area contributed by atoms with Gasteiger partial charge in [-0.05, 0) is 74.7 Å². The molecule has 0 saturated heterocycles. The van der Waals surface area contributed by atoms with Crippen molar-refractivity contribution in [3.05, 3.63) is 112 Å². The fraction of sp³-hybridized carbons (Fsp3) is 0.214. The van der Waals surface area contributed by atoms with E-state index in [0.717, 1.165) is 28.1 Å². The topological polar surface area (TPSA) is 56.1 Å². The summed E-state index contributed by atoms with van der Waals surface area (Å²) >= 11 is 0. The van der Waals surface area contributed by atoms with E-state index in [4.69, 9.17) is 4.74 Å². The van der Waals surface area contributed by atoms with Crippen molar-refractivity contribution in [2.45, 2.75) is 40.8 Å². The van der Waals surface area contributed by atoms with Gasteiger partial charge in [0.05, 0.1) is 23.6 Å². The molecule has 0 aliphatic rings. The largest absolute Gasteiger partial charge is 0.489 e.